The molecule has 1 aliphatic rings. The Morgan fingerprint density at radius 3 is 2.64 bits per heavy atom. The van der Waals surface area contributed by atoms with Crippen molar-refractivity contribution in [3.8, 4) is 0 Å². The minimum absolute atomic E-state index is 0.0726. The number of carbonyl (C=O) groups is 1. The number of furan rings is 1. The lowest BCUT2D eigenvalue weighted by molar-refractivity contribution is 0.0664. The molecule has 1 aliphatic heterocycles. The molecule has 1 amide bonds. The van der Waals surface area contributed by atoms with Crippen LogP contribution in [-0.2, 0) is 17.9 Å². The lowest BCUT2D eigenvalue weighted by atomic mass is 10.0. The molecule has 0 aliphatic carbocycles. The van der Waals surface area contributed by atoms with Gasteiger partial charge in [-0.1, -0.05) is 26.0 Å². The number of nitrogens with zero attached hydrogens (tertiary/aromatic N) is 2. The van der Waals surface area contributed by atoms with Gasteiger partial charge in [-0.25, -0.2) is 4.39 Å². The lowest BCUT2D eigenvalue weighted by Gasteiger charge is -2.34. The Morgan fingerprint density at radius 2 is 1.96 bits per heavy atom. The summed E-state index contributed by atoms with van der Waals surface area (Å²) in [5.41, 5.74) is 1.09. The van der Waals surface area contributed by atoms with E-state index in [0.29, 0.717) is 37.1 Å². The summed E-state index contributed by atoms with van der Waals surface area (Å²) < 4.78 is 23.9. The Hall–Kier alpha value is -2.18. The molecule has 0 unspecified atom stereocenters. The zero-order valence-electron chi connectivity index (χ0n) is 16.9. The maximum absolute atomic E-state index is 13.2. The van der Waals surface area contributed by atoms with Crippen LogP contribution in [-0.4, -0.2) is 48.5 Å². The van der Waals surface area contributed by atoms with Crippen LogP contribution in [0.25, 0.3) is 0 Å². The second-order valence-electron chi connectivity index (χ2n) is 7.71. The first-order valence-electron chi connectivity index (χ1n) is 9.83. The van der Waals surface area contributed by atoms with Gasteiger partial charge in [0.05, 0.1) is 0 Å². The Labute approximate surface area is 166 Å². The zero-order valence-corrected chi connectivity index (χ0v) is 16.9. The predicted octanol–water partition coefficient (Wildman–Crippen LogP) is 3.94. The molecular formula is C22H29FN2O3. The molecule has 3 rings (SSSR count). The van der Waals surface area contributed by atoms with Crippen LogP contribution in [0.15, 0.2) is 40.8 Å². The number of methoxy groups -OCH3 is 1. The van der Waals surface area contributed by atoms with Crippen molar-refractivity contribution in [2.45, 2.75) is 39.5 Å². The van der Waals surface area contributed by atoms with E-state index in [-0.39, 0.29) is 17.8 Å². The highest BCUT2D eigenvalue weighted by molar-refractivity contribution is 5.91. The molecule has 1 saturated heterocycles. The standard InChI is InChI=1S/C22H29FN2O3/c1-16(2)20-14-25(22(26)21-10-9-19(28-21)15-27-3)12-4-11-24(20)13-17-5-7-18(23)8-6-17/h5-10,16,20H,4,11-15H2,1-3H3/t20-/m1/s1. The third-order valence-corrected chi connectivity index (χ3v) is 5.26. The Morgan fingerprint density at radius 1 is 1.21 bits per heavy atom. The first-order chi connectivity index (χ1) is 13.5. The van der Waals surface area contributed by atoms with Crippen molar-refractivity contribution >= 4 is 5.91 Å². The fraction of sp³-hybridized carbons (Fsp3) is 0.500. The van der Waals surface area contributed by atoms with Crippen LogP contribution in [0.1, 0.15) is 42.1 Å². The van der Waals surface area contributed by atoms with E-state index in [1.54, 1.807) is 19.2 Å². The highest BCUT2D eigenvalue weighted by atomic mass is 19.1. The van der Waals surface area contributed by atoms with Crippen LogP contribution < -0.4 is 0 Å². The largest absolute Gasteiger partial charge is 0.453 e. The Kier molecular flexibility index (Phi) is 6.86. The van der Waals surface area contributed by atoms with Crippen molar-refractivity contribution in [3.05, 3.63) is 59.3 Å². The van der Waals surface area contributed by atoms with Crippen LogP contribution in [0.3, 0.4) is 0 Å². The second kappa shape index (κ2) is 9.34. The number of halogens is 1. The summed E-state index contributed by atoms with van der Waals surface area (Å²) in [6.07, 6.45) is 0.891. The summed E-state index contributed by atoms with van der Waals surface area (Å²) in [7, 11) is 1.60. The molecular weight excluding hydrogens is 359 g/mol. The van der Waals surface area contributed by atoms with Crippen LogP contribution in [0.2, 0.25) is 0 Å². The quantitative estimate of drug-likeness (QED) is 0.752. The van der Waals surface area contributed by atoms with Crippen molar-refractivity contribution < 1.29 is 18.3 Å². The molecule has 2 heterocycles. The molecule has 0 spiro atoms. The van der Waals surface area contributed by atoms with E-state index in [1.807, 2.05) is 17.0 Å². The normalized spacial score (nSPS) is 18.5. The maximum atomic E-state index is 13.2. The minimum atomic E-state index is -0.219. The fourth-order valence-corrected chi connectivity index (χ4v) is 3.77. The van der Waals surface area contributed by atoms with Crippen molar-refractivity contribution in [2.75, 3.05) is 26.7 Å². The van der Waals surface area contributed by atoms with Crippen LogP contribution in [0.5, 0.6) is 0 Å². The van der Waals surface area contributed by atoms with E-state index in [9.17, 15) is 9.18 Å². The van der Waals surface area contributed by atoms with Gasteiger partial charge in [0.25, 0.3) is 5.91 Å². The summed E-state index contributed by atoms with van der Waals surface area (Å²) in [6, 6.07) is 10.4. The van der Waals surface area contributed by atoms with E-state index < -0.39 is 0 Å². The van der Waals surface area contributed by atoms with Gasteiger partial charge >= 0.3 is 0 Å². The fourth-order valence-electron chi connectivity index (χ4n) is 3.77. The molecule has 0 saturated carbocycles. The lowest BCUT2D eigenvalue weighted by Crippen LogP contribution is -2.45. The third-order valence-electron chi connectivity index (χ3n) is 5.26. The predicted molar refractivity (Wildman–Crippen MR) is 105 cm³/mol. The van der Waals surface area contributed by atoms with Gasteiger partial charge < -0.3 is 14.1 Å². The molecule has 0 radical (unpaired) electrons. The van der Waals surface area contributed by atoms with E-state index >= 15 is 0 Å². The van der Waals surface area contributed by atoms with E-state index in [0.717, 1.165) is 25.1 Å². The number of benzene rings is 1. The van der Waals surface area contributed by atoms with Gasteiger partial charge in [-0.3, -0.25) is 9.69 Å². The molecule has 0 N–H and O–H groups in total. The smallest absolute Gasteiger partial charge is 0.289 e. The van der Waals surface area contributed by atoms with E-state index in [4.69, 9.17) is 9.15 Å². The molecule has 0 bridgehead atoms. The Balaban J connectivity index is 1.72. The molecule has 5 nitrogen and oxygen atoms in total. The maximum Gasteiger partial charge on any atom is 0.289 e. The average molecular weight is 388 g/mol. The molecule has 152 valence electrons. The van der Waals surface area contributed by atoms with Crippen molar-refractivity contribution in [1.82, 2.24) is 9.80 Å². The van der Waals surface area contributed by atoms with Gasteiger partial charge in [0.2, 0.25) is 0 Å². The number of ether oxygens (including phenoxy) is 1. The number of carbonyl (C=O) groups excluding carboxylic acids is 1. The molecule has 6 heteroatoms. The minimum Gasteiger partial charge on any atom is -0.453 e. The van der Waals surface area contributed by atoms with Gasteiger partial charge in [-0.05, 0) is 42.2 Å². The molecule has 2 aromatic rings. The zero-order chi connectivity index (χ0) is 20.1. The van der Waals surface area contributed by atoms with Gasteiger partial charge in [-0.2, -0.15) is 0 Å². The summed E-state index contributed by atoms with van der Waals surface area (Å²) in [5, 5.41) is 0. The van der Waals surface area contributed by atoms with E-state index in [1.165, 1.54) is 12.1 Å². The van der Waals surface area contributed by atoms with Crippen LogP contribution in [0, 0.1) is 11.7 Å². The monoisotopic (exact) mass is 388 g/mol. The third kappa shape index (κ3) is 5.00. The highest BCUT2D eigenvalue weighted by Crippen LogP contribution is 2.22. The first kappa shape index (κ1) is 20.6. The molecule has 1 fully saturated rings. The molecule has 1 aromatic carbocycles. The van der Waals surface area contributed by atoms with Gasteiger partial charge in [-0.15, -0.1) is 0 Å². The summed E-state index contributed by atoms with van der Waals surface area (Å²) in [5.74, 6) is 1.11. The van der Waals surface area contributed by atoms with Crippen LogP contribution in [0.4, 0.5) is 4.39 Å². The van der Waals surface area contributed by atoms with Gasteiger partial charge in [0.1, 0.15) is 18.2 Å². The number of rotatable bonds is 6. The topological polar surface area (TPSA) is 45.9 Å². The number of hydrogen-bond donors (Lipinski definition) is 0. The van der Waals surface area contributed by atoms with E-state index in [2.05, 4.69) is 18.7 Å². The summed E-state index contributed by atoms with van der Waals surface area (Å²) >= 11 is 0. The van der Waals surface area contributed by atoms with Crippen molar-refractivity contribution in [1.29, 1.82) is 0 Å². The molecule has 1 atom stereocenters. The first-order valence-corrected chi connectivity index (χ1v) is 9.83. The summed E-state index contributed by atoms with van der Waals surface area (Å²) in [4.78, 5) is 17.3. The number of hydrogen-bond acceptors (Lipinski definition) is 4. The second-order valence-corrected chi connectivity index (χ2v) is 7.71. The van der Waals surface area contributed by atoms with Gasteiger partial charge in [0, 0.05) is 39.3 Å². The molecule has 1 aromatic heterocycles. The van der Waals surface area contributed by atoms with Crippen molar-refractivity contribution in [3.63, 3.8) is 0 Å². The molecule has 28 heavy (non-hydrogen) atoms. The van der Waals surface area contributed by atoms with Gasteiger partial charge in [0.15, 0.2) is 5.76 Å². The Bertz CT molecular complexity index is 772. The average Bonchev–Trinajstić information content (AvgIpc) is 3.03. The van der Waals surface area contributed by atoms with Crippen LogP contribution >= 0.6 is 0 Å². The summed E-state index contributed by atoms with van der Waals surface area (Å²) in [6.45, 7) is 7.72. The number of amides is 1. The SMILES string of the molecule is COCc1ccc(C(=O)N2CCCN(Cc3ccc(F)cc3)[C@@H](C(C)C)C2)o1. The van der Waals surface area contributed by atoms with Crippen molar-refractivity contribution in [2.24, 2.45) is 5.92 Å². The highest BCUT2D eigenvalue weighted by Gasteiger charge is 2.31.